The molecule has 0 aromatic heterocycles. The summed E-state index contributed by atoms with van der Waals surface area (Å²) in [7, 11) is 3.61. The normalized spacial score (nSPS) is 17.9. The second-order valence-electron chi connectivity index (χ2n) is 5.23. The van der Waals surface area contributed by atoms with Crippen molar-refractivity contribution in [3.63, 3.8) is 0 Å². The number of nitrogens with one attached hydrogen (secondary N) is 1. The predicted molar refractivity (Wildman–Crippen MR) is 62.7 cm³/mol. The number of carbonyl (C=O) groups is 1. The Hall–Kier alpha value is -0.570. The Morgan fingerprint density at radius 2 is 2.00 bits per heavy atom. The van der Waals surface area contributed by atoms with Crippen LogP contribution in [-0.4, -0.2) is 38.0 Å². The van der Waals surface area contributed by atoms with E-state index in [1.54, 1.807) is 19.0 Å². The Morgan fingerprint density at radius 3 is 2.40 bits per heavy atom. The van der Waals surface area contributed by atoms with Crippen LogP contribution in [0.4, 0.5) is 0 Å². The number of hydrogen-bond donors (Lipinski definition) is 1. The molecule has 1 N–H and O–H groups in total. The smallest absolute Gasteiger partial charge is 0.223 e. The van der Waals surface area contributed by atoms with E-state index in [0.717, 1.165) is 19.0 Å². The van der Waals surface area contributed by atoms with Crippen molar-refractivity contribution in [1.29, 1.82) is 0 Å². The van der Waals surface area contributed by atoms with Crippen LogP contribution in [0.15, 0.2) is 0 Å². The highest BCUT2D eigenvalue weighted by molar-refractivity contribution is 5.75. The Labute approximate surface area is 93.2 Å². The Bertz CT molecular complexity index is 220. The van der Waals surface area contributed by atoms with Crippen LogP contribution < -0.4 is 5.32 Å². The molecule has 1 fully saturated rings. The lowest BCUT2D eigenvalue weighted by atomic mass is 9.92. The minimum atomic E-state index is 0.205. The van der Waals surface area contributed by atoms with Crippen LogP contribution in [0.25, 0.3) is 0 Å². The fraction of sp³-hybridized carbons (Fsp3) is 0.917. The molecule has 0 saturated heterocycles. The maximum absolute atomic E-state index is 11.3. The van der Waals surface area contributed by atoms with Gasteiger partial charge < -0.3 is 10.2 Å². The molecule has 0 unspecified atom stereocenters. The molecule has 1 aliphatic rings. The van der Waals surface area contributed by atoms with Crippen molar-refractivity contribution in [2.45, 2.75) is 33.1 Å². The van der Waals surface area contributed by atoms with Gasteiger partial charge in [0.1, 0.15) is 0 Å². The standard InChI is InChI=1S/C12H24N2O/c1-10(2)12(6-7-12)9-13-8-5-11(15)14(3)4/h10,13H,5-9H2,1-4H3. The van der Waals surface area contributed by atoms with Crippen molar-refractivity contribution in [2.75, 3.05) is 27.2 Å². The molecule has 1 saturated carbocycles. The summed E-state index contributed by atoms with van der Waals surface area (Å²) in [5.41, 5.74) is 0.543. The van der Waals surface area contributed by atoms with E-state index in [1.165, 1.54) is 12.8 Å². The topological polar surface area (TPSA) is 32.3 Å². The molecule has 0 aromatic rings. The van der Waals surface area contributed by atoms with Crippen LogP contribution in [0.3, 0.4) is 0 Å². The number of carbonyl (C=O) groups excluding carboxylic acids is 1. The summed E-state index contributed by atoms with van der Waals surface area (Å²) in [4.78, 5) is 13.0. The molecular weight excluding hydrogens is 188 g/mol. The first-order valence-corrected chi connectivity index (χ1v) is 5.89. The molecule has 0 bridgehead atoms. The van der Waals surface area contributed by atoms with E-state index < -0.39 is 0 Å². The third kappa shape index (κ3) is 3.49. The van der Waals surface area contributed by atoms with Crippen LogP contribution in [0.5, 0.6) is 0 Å². The van der Waals surface area contributed by atoms with Crippen molar-refractivity contribution in [2.24, 2.45) is 11.3 Å². The van der Waals surface area contributed by atoms with E-state index in [-0.39, 0.29) is 5.91 Å². The third-order valence-corrected chi connectivity index (χ3v) is 3.61. The highest BCUT2D eigenvalue weighted by Gasteiger charge is 2.44. The van der Waals surface area contributed by atoms with Crippen LogP contribution in [-0.2, 0) is 4.79 Å². The molecule has 1 rings (SSSR count). The second kappa shape index (κ2) is 4.97. The molecule has 0 aliphatic heterocycles. The zero-order valence-corrected chi connectivity index (χ0v) is 10.5. The molecular formula is C12H24N2O. The Balaban J connectivity index is 2.10. The average molecular weight is 212 g/mol. The lowest BCUT2D eigenvalue weighted by molar-refractivity contribution is -0.128. The maximum atomic E-state index is 11.3. The van der Waals surface area contributed by atoms with Gasteiger partial charge in [-0.15, -0.1) is 0 Å². The molecule has 0 atom stereocenters. The van der Waals surface area contributed by atoms with E-state index in [2.05, 4.69) is 19.2 Å². The number of rotatable bonds is 6. The van der Waals surface area contributed by atoms with Crippen molar-refractivity contribution in [3.8, 4) is 0 Å². The van der Waals surface area contributed by atoms with Gasteiger partial charge >= 0.3 is 0 Å². The SMILES string of the molecule is CC(C)C1(CNCCC(=O)N(C)C)CC1. The quantitative estimate of drug-likeness (QED) is 0.677. The van der Waals surface area contributed by atoms with Gasteiger partial charge in [-0.05, 0) is 24.2 Å². The van der Waals surface area contributed by atoms with Gasteiger partial charge in [0.05, 0.1) is 0 Å². The molecule has 1 amide bonds. The molecule has 0 heterocycles. The van der Waals surface area contributed by atoms with Gasteiger partial charge in [-0.1, -0.05) is 13.8 Å². The average Bonchev–Trinajstić information content (AvgIpc) is 2.92. The van der Waals surface area contributed by atoms with Gasteiger partial charge in [0.15, 0.2) is 0 Å². The van der Waals surface area contributed by atoms with E-state index >= 15 is 0 Å². The fourth-order valence-electron chi connectivity index (χ4n) is 1.88. The number of amides is 1. The molecule has 0 aromatic carbocycles. The molecule has 0 spiro atoms. The second-order valence-corrected chi connectivity index (χ2v) is 5.23. The maximum Gasteiger partial charge on any atom is 0.223 e. The van der Waals surface area contributed by atoms with Crippen LogP contribution in [0, 0.1) is 11.3 Å². The van der Waals surface area contributed by atoms with E-state index in [1.807, 2.05) is 0 Å². The zero-order chi connectivity index (χ0) is 11.5. The van der Waals surface area contributed by atoms with Crippen molar-refractivity contribution < 1.29 is 4.79 Å². The van der Waals surface area contributed by atoms with Crippen molar-refractivity contribution in [1.82, 2.24) is 10.2 Å². The lowest BCUT2D eigenvalue weighted by Crippen LogP contribution is -2.31. The van der Waals surface area contributed by atoms with Gasteiger partial charge in [0, 0.05) is 33.6 Å². The Kier molecular flexibility index (Phi) is 4.14. The first kappa shape index (κ1) is 12.5. The summed E-state index contributed by atoms with van der Waals surface area (Å²) in [6, 6.07) is 0. The van der Waals surface area contributed by atoms with Gasteiger partial charge in [0.2, 0.25) is 5.91 Å². The highest BCUT2D eigenvalue weighted by atomic mass is 16.2. The summed E-state index contributed by atoms with van der Waals surface area (Å²) in [5, 5.41) is 3.41. The summed E-state index contributed by atoms with van der Waals surface area (Å²) >= 11 is 0. The molecule has 1 aliphatic carbocycles. The van der Waals surface area contributed by atoms with Crippen molar-refractivity contribution in [3.05, 3.63) is 0 Å². The summed E-state index contributed by atoms with van der Waals surface area (Å²) in [6.07, 6.45) is 3.31. The minimum Gasteiger partial charge on any atom is -0.349 e. The lowest BCUT2D eigenvalue weighted by Gasteiger charge is -2.20. The third-order valence-electron chi connectivity index (χ3n) is 3.61. The summed E-state index contributed by atoms with van der Waals surface area (Å²) < 4.78 is 0. The zero-order valence-electron chi connectivity index (χ0n) is 10.5. The van der Waals surface area contributed by atoms with Crippen LogP contribution in [0.2, 0.25) is 0 Å². The van der Waals surface area contributed by atoms with Gasteiger partial charge in [-0.25, -0.2) is 0 Å². The van der Waals surface area contributed by atoms with E-state index in [9.17, 15) is 4.79 Å². The first-order valence-electron chi connectivity index (χ1n) is 5.89. The summed E-state index contributed by atoms with van der Waals surface area (Å²) in [6.45, 7) is 6.47. The van der Waals surface area contributed by atoms with Gasteiger partial charge in [-0.3, -0.25) is 4.79 Å². The molecule has 15 heavy (non-hydrogen) atoms. The Morgan fingerprint density at radius 1 is 1.40 bits per heavy atom. The first-order chi connectivity index (χ1) is 6.98. The molecule has 88 valence electrons. The van der Waals surface area contributed by atoms with Gasteiger partial charge in [-0.2, -0.15) is 0 Å². The van der Waals surface area contributed by atoms with E-state index in [0.29, 0.717) is 11.8 Å². The number of hydrogen-bond acceptors (Lipinski definition) is 2. The largest absolute Gasteiger partial charge is 0.349 e. The monoisotopic (exact) mass is 212 g/mol. The predicted octanol–water partition coefficient (Wildman–Crippen LogP) is 1.49. The summed E-state index contributed by atoms with van der Waals surface area (Å²) in [5.74, 6) is 0.964. The van der Waals surface area contributed by atoms with Gasteiger partial charge in [0.25, 0.3) is 0 Å². The molecule has 0 radical (unpaired) electrons. The minimum absolute atomic E-state index is 0.205. The fourth-order valence-corrected chi connectivity index (χ4v) is 1.88. The van der Waals surface area contributed by atoms with Crippen LogP contribution in [0.1, 0.15) is 33.1 Å². The highest BCUT2D eigenvalue weighted by Crippen LogP contribution is 2.51. The molecule has 3 nitrogen and oxygen atoms in total. The van der Waals surface area contributed by atoms with E-state index in [4.69, 9.17) is 0 Å². The van der Waals surface area contributed by atoms with Crippen LogP contribution >= 0.6 is 0 Å². The number of nitrogens with zero attached hydrogens (tertiary/aromatic N) is 1. The molecule has 3 heteroatoms. The van der Waals surface area contributed by atoms with Crippen molar-refractivity contribution >= 4 is 5.91 Å².